The summed E-state index contributed by atoms with van der Waals surface area (Å²) < 4.78 is 0. The maximum atomic E-state index is 3.98. The predicted molar refractivity (Wildman–Crippen MR) is 159 cm³/mol. The Morgan fingerprint density at radius 3 is 1.31 bits per heavy atom. The topological polar surface area (TPSA) is 6.48 Å². The summed E-state index contributed by atoms with van der Waals surface area (Å²) in [5.41, 5.74) is 9.99. The fourth-order valence-corrected chi connectivity index (χ4v) is 7.73. The van der Waals surface area contributed by atoms with E-state index >= 15 is 0 Å². The van der Waals surface area contributed by atoms with Gasteiger partial charge in [-0.05, 0) is 37.8 Å². The van der Waals surface area contributed by atoms with Crippen molar-refractivity contribution in [3.8, 4) is 22.3 Å². The third-order valence-corrected chi connectivity index (χ3v) is 9.85. The molecule has 0 N–H and O–H groups in total. The van der Waals surface area contributed by atoms with E-state index < -0.39 is 0 Å². The first-order valence-electron chi connectivity index (χ1n) is 14.3. The molecule has 2 saturated carbocycles. The van der Waals surface area contributed by atoms with Gasteiger partial charge in [-0.3, -0.25) is 0 Å². The molecule has 4 aromatic carbocycles. The largest absolute Gasteiger partial charge is 4.00 e. The summed E-state index contributed by atoms with van der Waals surface area (Å²) in [5.74, 6) is 0. The number of fused-ring (bicyclic) bond motifs is 10. The zero-order valence-electron chi connectivity index (χ0n) is 23.0. The molecule has 1 aliphatic heterocycles. The van der Waals surface area contributed by atoms with Crippen LogP contribution in [0.1, 0.15) is 62.5 Å². The van der Waals surface area contributed by atoms with Crippen LogP contribution in [0.15, 0.2) is 84.9 Å². The van der Waals surface area contributed by atoms with E-state index in [1.165, 1.54) is 70.4 Å². The van der Waals surface area contributed by atoms with Crippen LogP contribution in [0.25, 0.3) is 22.3 Å². The van der Waals surface area contributed by atoms with Crippen LogP contribution in [0.3, 0.4) is 0 Å². The van der Waals surface area contributed by atoms with Crippen molar-refractivity contribution in [3.63, 3.8) is 0 Å². The molecule has 7 rings (SSSR count). The molecule has 0 saturated heterocycles. The van der Waals surface area contributed by atoms with Crippen molar-refractivity contribution in [2.45, 2.75) is 62.4 Å². The summed E-state index contributed by atoms with van der Waals surface area (Å²) in [5, 5.41) is 0. The van der Waals surface area contributed by atoms with E-state index in [-0.39, 0.29) is 32.1 Å². The SMILES string of the molecule is CN1c2ccccc2-c2[c-]c(ccc2)C2(CCCC2)N(C)c2ccccc2-c2[c-]c(ccc2)C12CCCC2.[Pt+4]. The van der Waals surface area contributed by atoms with E-state index in [4.69, 9.17) is 0 Å². The molecule has 198 valence electrons. The summed E-state index contributed by atoms with van der Waals surface area (Å²) >= 11 is 0. The number of rotatable bonds is 0. The number of anilines is 2. The molecular weight excluding hydrogens is 655 g/mol. The number of benzene rings is 4. The molecule has 0 atom stereocenters. The summed E-state index contributed by atoms with van der Waals surface area (Å²) in [4.78, 5) is 5.14. The molecular formula is C36H36N2Pt+2. The van der Waals surface area contributed by atoms with Crippen molar-refractivity contribution < 1.29 is 21.1 Å². The van der Waals surface area contributed by atoms with Crippen LogP contribution in [-0.4, -0.2) is 14.1 Å². The minimum absolute atomic E-state index is 0. The minimum atomic E-state index is -0.0681. The Kier molecular flexibility index (Phi) is 6.96. The van der Waals surface area contributed by atoms with Crippen LogP contribution in [0.4, 0.5) is 11.4 Å². The molecule has 2 spiro atoms. The van der Waals surface area contributed by atoms with Crippen LogP contribution in [-0.2, 0) is 32.1 Å². The van der Waals surface area contributed by atoms with E-state index in [0.717, 1.165) is 25.7 Å². The number of hydrogen-bond acceptors (Lipinski definition) is 2. The van der Waals surface area contributed by atoms with E-state index in [2.05, 4.69) is 121 Å². The Morgan fingerprint density at radius 2 is 0.897 bits per heavy atom. The number of nitrogens with zero attached hydrogens (tertiary/aromatic N) is 2. The van der Waals surface area contributed by atoms with Gasteiger partial charge in [0.15, 0.2) is 0 Å². The summed E-state index contributed by atoms with van der Waals surface area (Å²) in [6, 6.07) is 39.5. The Balaban J connectivity index is 0.00000277. The van der Waals surface area contributed by atoms with E-state index in [1.54, 1.807) is 0 Å². The van der Waals surface area contributed by atoms with E-state index in [9.17, 15) is 0 Å². The molecule has 4 bridgehead atoms. The number of para-hydroxylation sites is 2. The predicted octanol–water partition coefficient (Wildman–Crippen LogP) is 8.74. The van der Waals surface area contributed by atoms with Gasteiger partial charge in [0.2, 0.25) is 0 Å². The fourth-order valence-electron chi connectivity index (χ4n) is 7.73. The Hall–Kier alpha value is -2.83. The van der Waals surface area contributed by atoms with Gasteiger partial charge in [-0.25, -0.2) is 0 Å². The molecule has 2 nitrogen and oxygen atoms in total. The summed E-state index contributed by atoms with van der Waals surface area (Å²) in [7, 11) is 4.61. The Morgan fingerprint density at radius 1 is 0.513 bits per heavy atom. The molecule has 39 heavy (non-hydrogen) atoms. The van der Waals surface area contributed by atoms with Gasteiger partial charge < -0.3 is 9.80 Å². The zero-order chi connectivity index (χ0) is 25.7. The summed E-state index contributed by atoms with van der Waals surface area (Å²) in [6.07, 6.45) is 9.56. The second-order valence-electron chi connectivity index (χ2n) is 11.6. The van der Waals surface area contributed by atoms with E-state index in [1.807, 2.05) is 0 Å². The van der Waals surface area contributed by atoms with Crippen LogP contribution in [0.5, 0.6) is 0 Å². The molecule has 1 heterocycles. The first kappa shape index (κ1) is 26.4. The molecule has 2 fully saturated rings. The maximum absolute atomic E-state index is 3.98. The van der Waals surface area contributed by atoms with Crippen LogP contribution >= 0.6 is 0 Å². The van der Waals surface area contributed by atoms with Crippen LogP contribution < -0.4 is 9.80 Å². The standard InChI is InChI=1S/C36H36N2.Pt/c1-37-33-19-5-3-17-31(33)27-13-12-16-30(26-27)36(23-9-10-24-36)38(2)34-20-6-4-18-32(34)28-14-11-15-29(25-28)35(37)21-7-8-22-35;/h3-6,11-20H,7-10,21-24H2,1-2H3;/q-2;+4. The van der Waals surface area contributed by atoms with Crippen molar-refractivity contribution >= 4 is 11.4 Å². The molecule has 3 heteroatoms. The van der Waals surface area contributed by atoms with Gasteiger partial charge >= 0.3 is 21.1 Å². The maximum Gasteiger partial charge on any atom is 4.00 e. The Bertz CT molecular complexity index is 1370. The number of hydrogen-bond donors (Lipinski definition) is 0. The molecule has 0 aromatic heterocycles. The van der Waals surface area contributed by atoms with Gasteiger partial charge in [0.1, 0.15) is 0 Å². The van der Waals surface area contributed by atoms with Gasteiger partial charge in [0.25, 0.3) is 0 Å². The molecule has 0 radical (unpaired) electrons. The van der Waals surface area contributed by atoms with Gasteiger partial charge in [-0.1, -0.05) is 73.2 Å². The first-order valence-corrected chi connectivity index (χ1v) is 14.3. The quantitative estimate of drug-likeness (QED) is 0.170. The average molecular weight is 692 g/mol. The molecule has 3 aliphatic rings. The van der Waals surface area contributed by atoms with Gasteiger partial charge in [-0.2, -0.15) is 0 Å². The van der Waals surface area contributed by atoms with Crippen molar-refractivity contribution in [1.82, 2.24) is 0 Å². The zero-order valence-corrected chi connectivity index (χ0v) is 25.2. The van der Waals surface area contributed by atoms with Gasteiger partial charge in [0.05, 0.1) is 0 Å². The third-order valence-electron chi connectivity index (χ3n) is 9.85. The second kappa shape index (κ2) is 10.3. The normalized spacial score (nSPS) is 18.8. The van der Waals surface area contributed by atoms with Crippen molar-refractivity contribution in [3.05, 3.63) is 108 Å². The molecule has 0 amide bonds. The van der Waals surface area contributed by atoms with Crippen LogP contribution in [0, 0.1) is 12.1 Å². The van der Waals surface area contributed by atoms with Crippen LogP contribution in [0.2, 0.25) is 0 Å². The minimum Gasteiger partial charge on any atom is -0.373 e. The van der Waals surface area contributed by atoms with Crippen molar-refractivity contribution in [2.75, 3.05) is 23.9 Å². The van der Waals surface area contributed by atoms with Crippen molar-refractivity contribution in [2.24, 2.45) is 0 Å². The smallest absolute Gasteiger partial charge is 0.373 e. The Labute approximate surface area is 248 Å². The average Bonchev–Trinajstić information content (AvgIpc) is 3.68. The first-order chi connectivity index (χ1) is 18.6. The van der Waals surface area contributed by atoms with Crippen molar-refractivity contribution in [1.29, 1.82) is 0 Å². The third kappa shape index (κ3) is 4.10. The molecule has 2 aliphatic carbocycles. The van der Waals surface area contributed by atoms with Gasteiger partial charge in [0, 0.05) is 36.5 Å². The van der Waals surface area contributed by atoms with Gasteiger partial charge in [-0.15, -0.1) is 70.8 Å². The molecule has 4 aromatic rings. The van der Waals surface area contributed by atoms with E-state index in [0.29, 0.717) is 0 Å². The second-order valence-corrected chi connectivity index (χ2v) is 11.6. The molecule has 0 unspecified atom stereocenters. The fraction of sp³-hybridized carbons (Fsp3) is 0.333. The summed E-state index contributed by atoms with van der Waals surface area (Å²) in [6.45, 7) is 0. The monoisotopic (exact) mass is 691 g/mol.